The van der Waals surface area contributed by atoms with Gasteiger partial charge in [-0.3, -0.25) is 0 Å². The van der Waals surface area contributed by atoms with Crippen molar-refractivity contribution in [3.8, 4) is 5.69 Å². The van der Waals surface area contributed by atoms with Crippen LogP contribution in [0.3, 0.4) is 0 Å². The van der Waals surface area contributed by atoms with E-state index in [-0.39, 0.29) is 12.1 Å². The summed E-state index contributed by atoms with van der Waals surface area (Å²) in [5.74, 6) is 0. The Morgan fingerprint density at radius 3 is 2.89 bits per heavy atom. The van der Waals surface area contributed by atoms with Gasteiger partial charge in [0.1, 0.15) is 0 Å². The van der Waals surface area contributed by atoms with Crippen molar-refractivity contribution in [2.75, 3.05) is 11.9 Å². The normalized spacial score (nSPS) is 21.0. The molecule has 2 aromatic rings. The van der Waals surface area contributed by atoms with Crippen molar-refractivity contribution >= 4 is 5.69 Å². The summed E-state index contributed by atoms with van der Waals surface area (Å²) in [7, 11) is 0. The molecule has 2 N–H and O–H groups in total. The minimum Gasteiger partial charge on any atom is -0.396 e. The summed E-state index contributed by atoms with van der Waals surface area (Å²) in [5.41, 5.74) is 3.50. The van der Waals surface area contributed by atoms with E-state index in [1.807, 2.05) is 6.07 Å². The van der Waals surface area contributed by atoms with Crippen LogP contribution in [0.2, 0.25) is 0 Å². The third-order valence-corrected chi connectivity index (χ3v) is 3.72. The molecule has 3 rings (SSSR count). The Morgan fingerprint density at radius 2 is 2.06 bits per heavy atom. The molecule has 18 heavy (non-hydrogen) atoms. The van der Waals surface area contributed by atoms with Crippen LogP contribution in [0, 0.1) is 0 Å². The standard InChI is InChI=1S/C15H18N2O/c1-15(9-5-11-18)14-8-4-10-17(14)13-7-3-2-6-12(13)16-15/h2-4,6-8,10,16,18H,5,9,11H2,1H3. The van der Waals surface area contributed by atoms with Gasteiger partial charge < -0.3 is 15.0 Å². The third kappa shape index (κ3) is 1.63. The molecule has 1 aromatic heterocycles. The molecule has 3 heteroatoms. The molecule has 94 valence electrons. The van der Waals surface area contributed by atoms with E-state index in [2.05, 4.69) is 53.3 Å². The van der Waals surface area contributed by atoms with Gasteiger partial charge in [0.15, 0.2) is 0 Å². The number of aliphatic hydroxyl groups excluding tert-OH is 1. The first-order chi connectivity index (χ1) is 8.74. The maximum atomic E-state index is 9.07. The Morgan fingerprint density at radius 1 is 1.22 bits per heavy atom. The lowest BCUT2D eigenvalue weighted by Crippen LogP contribution is -2.37. The van der Waals surface area contributed by atoms with Crippen LogP contribution in [-0.4, -0.2) is 16.3 Å². The molecule has 1 atom stereocenters. The van der Waals surface area contributed by atoms with Crippen molar-refractivity contribution in [1.82, 2.24) is 4.57 Å². The number of hydrogen-bond donors (Lipinski definition) is 2. The maximum absolute atomic E-state index is 9.07. The van der Waals surface area contributed by atoms with Crippen LogP contribution in [0.25, 0.3) is 5.69 Å². The second-order valence-electron chi connectivity index (χ2n) is 5.06. The van der Waals surface area contributed by atoms with E-state index in [9.17, 15) is 0 Å². The molecule has 2 heterocycles. The van der Waals surface area contributed by atoms with Gasteiger partial charge in [0.25, 0.3) is 0 Å². The lowest BCUT2D eigenvalue weighted by Gasteiger charge is -2.38. The van der Waals surface area contributed by atoms with E-state index in [1.165, 1.54) is 11.4 Å². The fourth-order valence-corrected chi connectivity index (χ4v) is 2.81. The van der Waals surface area contributed by atoms with Gasteiger partial charge in [0.2, 0.25) is 0 Å². The molecule has 0 radical (unpaired) electrons. The average molecular weight is 242 g/mol. The van der Waals surface area contributed by atoms with Gasteiger partial charge in [-0.15, -0.1) is 0 Å². The molecule has 0 aliphatic carbocycles. The Hall–Kier alpha value is -1.74. The summed E-state index contributed by atoms with van der Waals surface area (Å²) in [4.78, 5) is 0. The van der Waals surface area contributed by atoms with Crippen LogP contribution in [-0.2, 0) is 5.54 Å². The Labute approximate surface area is 107 Å². The number of benzene rings is 1. The van der Waals surface area contributed by atoms with Crippen molar-refractivity contribution in [3.05, 3.63) is 48.3 Å². The molecule has 0 saturated carbocycles. The van der Waals surface area contributed by atoms with Gasteiger partial charge in [-0.25, -0.2) is 0 Å². The number of fused-ring (bicyclic) bond motifs is 3. The number of aliphatic hydroxyl groups is 1. The number of hydrogen-bond acceptors (Lipinski definition) is 2. The van der Waals surface area contributed by atoms with Gasteiger partial charge in [-0.1, -0.05) is 12.1 Å². The fourth-order valence-electron chi connectivity index (χ4n) is 2.81. The number of aromatic nitrogens is 1. The van der Waals surface area contributed by atoms with E-state index in [4.69, 9.17) is 5.11 Å². The molecule has 1 unspecified atom stereocenters. The molecular weight excluding hydrogens is 224 g/mol. The summed E-state index contributed by atoms with van der Waals surface area (Å²) in [5, 5.41) is 12.7. The summed E-state index contributed by atoms with van der Waals surface area (Å²) in [6.45, 7) is 2.43. The first-order valence-electron chi connectivity index (χ1n) is 6.41. The number of nitrogens with zero attached hydrogens (tertiary/aromatic N) is 1. The smallest absolute Gasteiger partial charge is 0.0752 e. The predicted octanol–water partition coefficient (Wildman–Crippen LogP) is 2.89. The summed E-state index contributed by atoms with van der Waals surface area (Å²) >= 11 is 0. The second-order valence-corrected chi connectivity index (χ2v) is 5.06. The van der Waals surface area contributed by atoms with Crippen LogP contribution in [0.15, 0.2) is 42.6 Å². The van der Waals surface area contributed by atoms with Crippen LogP contribution in [0.5, 0.6) is 0 Å². The van der Waals surface area contributed by atoms with E-state index in [0.29, 0.717) is 0 Å². The molecule has 0 amide bonds. The van der Waals surface area contributed by atoms with Gasteiger partial charge in [0.05, 0.1) is 16.9 Å². The van der Waals surface area contributed by atoms with Crippen molar-refractivity contribution in [2.24, 2.45) is 0 Å². The van der Waals surface area contributed by atoms with Crippen molar-refractivity contribution in [2.45, 2.75) is 25.3 Å². The first-order valence-corrected chi connectivity index (χ1v) is 6.41. The zero-order valence-corrected chi connectivity index (χ0v) is 10.6. The molecule has 1 aliphatic rings. The largest absolute Gasteiger partial charge is 0.396 e. The van der Waals surface area contributed by atoms with Crippen LogP contribution >= 0.6 is 0 Å². The fraction of sp³-hybridized carbons (Fsp3) is 0.333. The lowest BCUT2D eigenvalue weighted by atomic mass is 9.89. The van der Waals surface area contributed by atoms with Crippen molar-refractivity contribution < 1.29 is 5.11 Å². The maximum Gasteiger partial charge on any atom is 0.0752 e. The quantitative estimate of drug-likeness (QED) is 0.868. The van der Waals surface area contributed by atoms with Gasteiger partial charge >= 0.3 is 0 Å². The molecule has 0 fully saturated rings. The minimum atomic E-state index is -0.111. The molecule has 0 saturated heterocycles. The van der Waals surface area contributed by atoms with E-state index >= 15 is 0 Å². The molecule has 1 aromatic carbocycles. The number of nitrogens with one attached hydrogen (secondary N) is 1. The zero-order valence-electron chi connectivity index (χ0n) is 10.6. The topological polar surface area (TPSA) is 37.2 Å². The molecule has 3 nitrogen and oxygen atoms in total. The molecule has 0 bridgehead atoms. The van der Waals surface area contributed by atoms with E-state index in [1.54, 1.807) is 0 Å². The van der Waals surface area contributed by atoms with Gasteiger partial charge in [-0.2, -0.15) is 0 Å². The Balaban J connectivity index is 2.09. The van der Waals surface area contributed by atoms with Gasteiger partial charge in [0, 0.05) is 18.5 Å². The highest BCUT2D eigenvalue weighted by Gasteiger charge is 2.33. The van der Waals surface area contributed by atoms with Gasteiger partial charge in [-0.05, 0) is 44.0 Å². The van der Waals surface area contributed by atoms with E-state index < -0.39 is 0 Å². The zero-order chi connectivity index (χ0) is 12.6. The Bertz CT molecular complexity index is 561. The Kier molecular flexibility index (Phi) is 2.63. The first kappa shape index (κ1) is 11.4. The van der Waals surface area contributed by atoms with Crippen molar-refractivity contribution in [3.63, 3.8) is 0 Å². The predicted molar refractivity (Wildman–Crippen MR) is 73.1 cm³/mol. The van der Waals surface area contributed by atoms with Crippen LogP contribution < -0.4 is 5.32 Å². The van der Waals surface area contributed by atoms with Crippen molar-refractivity contribution in [1.29, 1.82) is 0 Å². The SMILES string of the molecule is CC1(CCCO)Nc2ccccc2-n2cccc21. The van der Waals surface area contributed by atoms with Crippen LogP contribution in [0.4, 0.5) is 5.69 Å². The number of para-hydroxylation sites is 2. The third-order valence-electron chi connectivity index (χ3n) is 3.72. The second kappa shape index (κ2) is 4.18. The minimum absolute atomic E-state index is 0.111. The van der Waals surface area contributed by atoms with E-state index in [0.717, 1.165) is 18.5 Å². The summed E-state index contributed by atoms with van der Waals surface area (Å²) in [6, 6.07) is 12.6. The molecule has 1 aliphatic heterocycles. The highest BCUT2D eigenvalue weighted by molar-refractivity contribution is 5.66. The molecular formula is C15H18N2O. The summed E-state index contributed by atoms with van der Waals surface area (Å²) in [6.07, 6.45) is 3.82. The van der Waals surface area contributed by atoms with Crippen LogP contribution in [0.1, 0.15) is 25.5 Å². The number of rotatable bonds is 3. The monoisotopic (exact) mass is 242 g/mol. The number of anilines is 1. The highest BCUT2D eigenvalue weighted by Crippen LogP contribution is 2.39. The summed E-state index contributed by atoms with van der Waals surface area (Å²) < 4.78 is 2.24. The average Bonchev–Trinajstić information content (AvgIpc) is 2.87. The molecule has 0 spiro atoms. The highest BCUT2D eigenvalue weighted by atomic mass is 16.2. The lowest BCUT2D eigenvalue weighted by molar-refractivity contribution is 0.268.